The summed E-state index contributed by atoms with van der Waals surface area (Å²) >= 11 is 0. The van der Waals surface area contributed by atoms with Gasteiger partial charge in [0.05, 0.1) is 0 Å². The zero-order valence-electron chi connectivity index (χ0n) is 10.3. The zero-order valence-corrected chi connectivity index (χ0v) is 10.3. The van der Waals surface area contributed by atoms with Gasteiger partial charge >= 0.3 is 0 Å². The minimum atomic E-state index is 0.831. The molecular formula is C13H27NO. The van der Waals surface area contributed by atoms with Gasteiger partial charge in [-0.1, -0.05) is 32.6 Å². The molecule has 0 spiro atoms. The molecule has 2 nitrogen and oxygen atoms in total. The molecule has 15 heavy (non-hydrogen) atoms. The number of unbranched alkanes of at least 4 members (excludes halogenated alkanes) is 4. The zero-order chi connectivity index (χ0) is 10.8. The van der Waals surface area contributed by atoms with Crippen molar-refractivity contribution in [2.24, 2.45) is 5.92 Å². The van der Waals surface area contributed by atoms with Crippen LogP contribution in [0.2, 0.25) is 0 Å². The minimum absolute atomic E-state index is 0.831. The predicted octanol–water partition coefficient (Wildman–Crippen LogP) is 2.97. The fraction of sp³-hybridized carbons (Fsp3) is 1.00. The van der Waals surface area contributed by atoms with E-state index < -0.39 is 0 Å². The van der Waals surface area contributed by atoms with Gasteiger partial charge in [-0.3, -0.25) is 0 Å². The van der Waals surface area contributed by atoms with Gasteiger partial charge in [-0.15, -0.1) is 0 Å². The van der Waals surface area contributed by atoms with E-state index in [2.05, 4.69) is 12.2 Å². The Labute approximate surface area is 94.8 Å². The molecule has 90 valence electrons. The van der Waals surface area contributed by atoms with Crippen LogP contribution in [0.15, 0.2) is 0 Å². The van der Waals surface area contributed by atoms with E-state index in [1.807, 2.05) is 0 Å². The van der Waals surface area contributed by atoms with Gasteiger partial charge in [-0.2, -0.15) is 0 Å². The molecule has 1 N–H and O–H groups in total. The minimum Gasteiger partial charge on any atom is -0.381 e. The molecule has 1 rings (SSSR count). The van der Waals surface area contributed by atoms with Crippen molar-refractivity contribution in [3.8, 4) is 0 Å². The van der Waals surface area contributed by atoms with Crippen LogP contribution in [0.5, 0.6) is 0 Å². The highest BCUT2D eigenvalue weighted by atomic mass is 16.5. The molecule has 0 aromatic carbocycles. The predicted molar refractivity (Wildman–Crippen MR) is 65.2 cm³/mol. The second-order valence-corrected chi connectivity index (χ2v) is 4.68. The summed E-state index contributed by atoms with van der Waals surface area (Å²) in [5, 5.41) is 3.53. The van der Waals surface area contributed by atoms with E-state index in [4.69, 9.17) is 4.74 Å². The third kappa shape index (κ3) is 6.91. The first-order chi connectivity index (χ1) is 7.43. The number of hydrogen-bond donors (Lipinski definition) is 1. The van der Waals surface area contributed by atoms with E-state index in [0.29, 0.717) is 0 Å². The molecule has 1 unspecified atom stereocenters. The van der Waals surface area contributed by atoms with E-state index in [9.17, 15) is 0 Å². The van der Waals surface area contributed by atoms with Crippen LogP contribution in [0.3, 0.4) is 0 Å². The second-order valence-electron chi connectivity index (χ2n) is 4.68. The van der Waals surface area contributed by atoms with Crippen molar-refractivity contribution in [1.29, 1.82) is 0 Å². The van der Waals surface area contributed by atoms with Gasteiger partial charge in [-0.25, -0.2) is 0 Å². The van der Waals surface area contributed by atoms with Gasteiger partial charge in [-0.05, 0) is 38.3 Å². The normalized spacial score (nSPS) is 21.0. The Morgan fingerprint density at radius 2 is 2.00 bits per heavy atom. The summed E-state index contributed by atoms with van der Waals surface area (Å²) in [6.07, 6.45) is 9.48. The second kappa shape index (κ2) is 9.17. The monoisotopic (exact) mass is 213 g/mol. The highest BCUT2D eigenvalue weighted by Gasteiger charge is 2.14. The summed E-state index contributed by atoms with van der Waals surface area (Å²) in [6, 6.07) is 0. The lowest BCUT2D eigenvalue weighted by Gasteiger charge is -2.08. The first-order valence-electron chi connectivity index (χ1n) is 6.72. The summed E-state index contributed by atoms with van der Waals surface area (Å²) in [5.74, 6) is 0.831. The summed E-state index contributed by atoms with van der Waals surface area (Å²) in [7, 11) is 0. The highest BCUT2D eigenvalue weighted by Crippen LogP contribution is 2.15. The largest absolute Gasteiger partial charge is 0.381 e. The lowest BCUT2D eigenvalue weighted by Crippen LogP contribution is -2.19. The Morgan fingerprint density at radius 3 is 2.73 bits per heavy atom. The van der Waals surface area contributed by atoms with Crippen LogP contribution in [0, 0.1) is 5.92 Å². The summed E-state index contributed by atoms with van der Waals surface area (Å²) in [5.41, 5.74) is 0. The Balaban J connectivity index is 1.73. The van der Waals surface area contributed by atoms with Crippen molar-refractivity contribution in [2.75, 3.05) is 26.3 Å². The highest BCUT2D eigenvalue weighted by molar-refractivity contribution is 4.65. The molecule has 1 atom stereocenters. The number of hydrogen-bond acceptors (Lipinski definition) is 2. The number of nitrogens with one attached hydrogen (secondary N) is 1. The molecule has 1 saturated heterocycles. The van der Waals surface area contributed by atoms with Crippen LogP contribution in [-0.4, -0.2) is 26.3 Å². The maximum atomic E-state index is 5.35. The first-order valence-corrected chi connectivity index (χ1v) is 6.72. The molecule has 1 aliphatic heterocycles. The maximum absolute atomic E-state index is 5.35. The molecule has 0 aromatic rings. The van der Waals surface area contributed by atoms with E-state index in [-0.39, 0.29) is 0 Å². The van der Waals surface area contributed by atoms with Gasteiger partial charge in [0, 0.05) is 13.2 Å². The lowest BCUT2D eigenvalue weighted by atomic mass is 10.1. The van der Waals surface area contributed by atoms with E-state index >= 15 is 0 Å². The summed E-state index contributed by atoms with van der Waals surface area (Å²) in [6.45, 7) is 6.64. The van der Waals surface area contributed by atoms with Crippen molar-refractivity contribution in [3.63, 3.8) is 0 Å². The number of ether oxygens (including phenoxy) is 1. The molecular weight excluding hydrogens is 186 g/mol. The Bertz CT molecular complexity index is 132. The fourth-order valence-electron chi connectivity index (χ4n) is 2.10. The van der Waals surface area contributed by atoms with E-state index in [0.717, 1.165) is 19.1 Å². The third-order valence-corrected chi connectivity index (χ3v) is 3.21. The summed E-state index contributed by atoms with van der Waals surface area (Å²) in [4.78, 5) is 0. The molecule has 0 aliphatic carbocycles. The summed E-state index contributed by atoms with van der Waals surface area (Å²) < 4.78 is 5.35. The van der Waals surface area contributed by atoms with Crippen molar-refractivity contribution in [3.05, 3.63) is 0 Å². The van der Waals surface area contributed by atoms with Crippen molar-refractivity contribution >= 4 is 0 Å². The Kier molecular flexibility index (Phi) is 7.94. The van der Waals surface area contributed by atoms with Crippen molar-refractivity contribution in [1.82, 2.24) is 5.32 Å². The van der Waals surface area contributed by atoms with Gasteiger partial charge in [0.15, 0.2) is 0 Å². The number of rotatable bonds is 9. The van der Waals surface area contributed by atoms with Crippen LogP contribution in [0.4, 0.5) is 0 Å². The lowest BCUT2D eigenvalue weighted by molar-refractivity contribution is 0.184. The molecule has 0 aromatic heterocycles. The molecule has 0 saturated carbocycles. The fourth-order valence-corrected chi connectivity index (χ4v) is 2.10. The van der Waals surface area contributed by atoms with Crippen LogP contribution in [0.1, 0.15) is 51.9 Å². The van der Waals surface area contributed by atoms with Crippen LogP contribution < -0.4 is 5.32 Å². The van der Waals surface area contributed by atoms with Crippen molar-refractivity contribution in [2.45, 2.75) is 51.9 Å². The SMILES string of the molecule is CCCCCCCNCCC1CCOC1. The van der Waals surface area contributed by atoms with Gasteiger partial charge in [0.2, 0.25) is 0 Å². The maximum Gasteiger partial charge on any atom is 0.0495 e. The Hall–Kier alpha value is -0.0800. The van der Waals surface area contributed by atoms with Crippen LogP contribution >= 0.6 is 0 Å². The van der Waals surface area contributed by atoms with E-state index in [1.165, 1.54) is 58.0 Å². The molecule has 1 aliphatic rings. The molecule has 0 amide bonds. The van der Waals surface area contributed by atoms with Gasteiger partial charge in [0.1, 0.15) is 0 Å². The molecule has 0 radical (unpaired) electrons. The standard InChI is InChI=1S/C13H27NO/c1-2-3-4-5-6-9-14-10-7-13-8-11-15-12-13/h13-14H,2-12H2,1H3. The van der Waals surface area contributed by atoms with E-state index in [1.54, 1.807) is 0 Å². The molecule has 1 heterocycles. The molecule has 1 fully saturated rings. The smallest absolute Gasteiger partial charge is 0.0495 e. The van der Waals surface area contributed by atoms with Crippen LogP contribution in [0.25, 0.3) is 0 Å². The Morgan fingerprint density at radius 1 is 1.13 bits per heavy atom. The van der Waals surface area contributed by atoms with Gasteiger partial charge < -0.3 is 10.1 Å². The first kappa shape index (κ1) is 13.0. The quantitative estimate of drug-likeness (QED) is 0.595. The third-order valence-electron chi connectivity index (χ3n) is 3.21. The topological polar surface area (TPSA) is 21.3 Å². The van der Waals surface area contributed by atoms with Gasteiger partial charge in [0.25, 0.3) is 0 Å². The average molecular weight is 213 g/mol. The average Bonchev–Trinajstić information content (AvgIpc) is 2.75. The molecule has 0 bridgehead atoms. The molecule has 2 heteroatoms. The van der Waals surface area contributed by atoms with Crippen LogP contribution in [-0.2, 0) is 4.74 Å². The van der Waals surface area contributed by atoms with Crippen molar-refractivity contribution < 1.29 is 4.74 Å².